The van der Waals surface area contributed by atoms with Gasteiger partial charge in [-0.3, -0.25) is 4.79 Å². The van der Waals surface area contributed by atoms with E-state index in [2.05, 4.69) is 13.2 Å². The first-order valence-corrected chi connectivity index (χ1v) is 8.65. The van der Waals surface area contributed by atoms with Gasteiger partial charge in [-0.25, -0.2) is 0 Å². The van der Waals surface area contributed by atoms with Crippen LogP contribution in [0.2, 0.25) is 0 Å². The van der Waals surface area contributed by atoms with Crippen LogP contribution in [0.1, 0.15) is 30.6 Å². The van der Waals surface area contributed by atoms with Crippen LogP contribution in [0.5, 0.6) is 11.5 Å². The van der Waals surface area contributed by atoms with E-state index in [4.69, 9.17) is 11.6 Å². The molecule has 2 atom stereocenters. The number of hydrogen-bond donors (Lipinski definition) is 2. The van der Waals surface area contributed by atoms with Gasteiger partial charge in [-0.05, 0) is 38.0 Å². The summed E-state index contributed by atoms with van der Waals surface area (Å²) in [6, 6.07) is 4.03. The van der Waals surface area contributed by atoms with Crippen molar-refractivity contribution >= 4 is 17.5 Å². The summed E-state index contributed by atoms with van der Waals surface area (Å²) in [6.07, 6.45) is 6.89. The topological polar surface area (TPSA) is 60.8 Å². The molecule has 1 aliphatic heterocycles. The molecule has 5 heteroatoms. The minimum absolute atomic E-state index is 0.0623. The molecule has 1 aliphatic rings. The zero-order valence-corrected chi connectivity index (χ0v) is 15.5. The largest absolute Gasteiger partial charge is 0.508 e. The van der Waals surface area contributed by atoms with E-state index in [9.17, 15) is 15.0 Å². The number of phenols is 2. The molecule has 0 aromatic heterocycles. The lowest BCUT2D eigenvalue weighted by Crippen LogP contribution is -2.29. The summed E-state index contributed by atoms with van der Waals surface area (Å²) >= 11 is 6.07. The fourth-order valence-electron chi connectivity index (χ4n) is 2.87. The highest BCUT2D eigenvalue weighted by atomic mass is 35.5. The van der Waals surface area contributed by atoms with Crippen LogP contribution in [-0.4, -0.2) is 39.5 Å². The van der Waals surface area contributed by atoms with Crippen molar-refractivity contribution in [2.75, 3.05) is 13.1 Å². The van der Waals surface area contributed by atoms with Gasteiger partial charge in [0.25, 0.3) is 5.91 Å². The summed E-state index contributed by atoms with van der Waals surface area (Å²) in [6.45, 7) is 11.1. The molecule has 136 valence electrons. The molecule has 25 heavy (non-hydrogen) atoms. The zero-order valence-electron chi connectivity index (χ0n) is 14.8. The first-order chi connectivity index (χ1) is 11.9. The summed E-state index contributed by atoms with van der Waals surface area (Å²) < 4.78 is 0. The third-order valence-corrected chi connectivity index (χ3v) is 4.07. The molecule has 1 amide bonds. The molecule has 1 aromatic rings. The normalized spacial score (nSPS) is 18.8. The Balaban J connectivity index is 0.00000151. The van der Waals surface area contributed by atoms with Crippen LogP contribution in [0.4, 0.5) is 0 Å². The number of alkyl halides is 1. The number of benzene rings is 1. The van der Waals surface area contributed by atoms with Crippen molar-refractivity contribution in [1.82, 2.24) is 4.90 Å². The Morgan fingerprint density at radius 3 is 2.64 bits per heavy atom. The Bertz CT molecular complexity index is 652. The molecule has 2 N–H and O–H groups in total. The molecule has 0 spiro atoms. The van der Waals surface area contributed by atoms with Crippen molar-refractivity contribution in [3.05, 3.63) is 60.7 Å². The van der Waals surface area contributed by atoms with E-state index in [-0.39, 0.29) is 34.3 Å². The number of aromatic hydroxyl groups is 2. The van der Waals surface area contributed by atoms with Crippen LogP contribution in [0.15, 0.2) is 55.2 Å². The number of amides is 1. The maximum absolute atomic E-state index is 12.5. The molecule has 4 nitrogen and oxygen atoms in total. The molecule has 1 fully saturated rings. The summed E-state index contributed by atoms with van der Waals surface area (Å²) in [5.41, 5.74) is 1.35. The first kappa shape index (κ1) is 20.8. The Hall–Kier alpha value is -2.20. The molecule has 1 aromatic carbocycles. The van der Waals surface area contributed by atoms with Crippen LogP contribution in [0.3, 0.4) is 0 Å². The van der Waals surface area contributed by atoms with Gasteiger partial charge in [-0.1, -0.05) is 18.2 Å². The quantitative estimate of drug-likeness (QED) is 0.470. The maximum atomic E-state index is 12.5. The minimum atomic E-state index is -0.219. The van der Waals surface area contributed by atoms with Crippen LogP contribution in [0, 0.1) is 5.92 Å². The number of halogens is 1. The fourth-order valence-corrected chi connectivity index (χ4v) is 3.02. The molecular weight excluding hydrogens is 338 g/mol. The van der Waals surface area contributed by atoms with Gasteiger partial charge >= 0.3 is 0 Å². The van der Waals surface area contributed by atoms with Crippen LogP contribution < -0.4 is 0 Å². The number of allylic oxidation sites excluding steroid dienone is 3. The number of likely N-dealkylation sites (tertiary alicyclic amines) is 1. The summed E-state index contributed by atoms with van der Waals surface area (Å²) in [5.74, 6) is -0.232. The van der Waals surface area contributed by atoms with Gasteiger partial charge in [0.1, 0.15) is 11.5 Å². The van der Waals surface area contributed by atoms with E-state index in [0.717, 1.165) is 12.0 Å². The van der Waals surface area contributed by atoms with Gasteiger partial charge in [-0.15, -0.1) is 24.8 Å². The number of carbonyl (C=O) groups is 1. The highest BCUT2D eigenvalue weighted by molar-refractivity contribution is 6.21. The van der Waals surface area contributed by atoms with Gasteiger partial charge in [0, 0.05) is 30.5 Å². The van der Waals surface area contributed by atoms with E-state index < -0.39 is 0 Å². The molecular formula is C20H26ClNO3. The highest BCUT2D eigenvalue weighted by Gasteiger charge is 2.29. The molecule has 0 radical (unpaired) electrons. The third-order valence-electron chi connectivity index (χ3n) is 3.94. The van der Waals surface area contributed by atoms with E-state index in [0.29, 0.717) is 13.1 Å². The van der Waals surface area contributed by atoms with E-state index in [1.54, 1.807) is 4.90 Å². The predicted octanol–water partition coefficient (Wildman–Crippen LogP) is 4.49. The zero-order chi connectivity index (χ0) is 19.0. The van der Waals surface area contributed by atoms with Gasteiger partial charge in [-0.2, -0.15) is 0 Å². The highest BCUT2D eigenvalue weighted by Crippen LogP contribution is 2.29. The molecule has 0 aliphatic carbocycles. The smallest absolute Gasteiger partial charge is 0.257 e. The monoisotopic (exact) mass is 363 g/mol. The Labute approximate surface area is 154 Å². The predicted molar refractivity (Wildman–Crippen MR) is 103 cm³/mol. The number of nitrogens with zero attached hydrogens (tertiary/aromatic N) is 1. The van der Waals surface area contributed by atoms with Crippen molar-refractivity contribution in [3.63, 3.8) is 0 Å². The molecule has 1 saturated heterocycles. The fraction of sp³-hybridized carbons (Fsp3) is 0.350. The van der Waals surface area contributed by atoms with E-state index in [1.165, 1.54) is 18.2 Å². The average molecular weight is 364 g/mol. The first-order valence-electron chi connectivity index (χ1n) is 8.22. The number of phenolic OH excluding ortho intramolecular Hbond substituents is 2. The second-order valence-electron chi connectivity index (χ2n) is 5.78. The lowest BCUT2D eigenvalue weighted by Gasteiger charge is -2.18. The second kappa shape index (κ2) is 9.94. The molecule has 2 rings (SSSR count). The van der Waals surface area contributed by atoms with Crippen LogP contribution in [-0.2, 0) is 0 Å². The van der Waals surface area contributed by atoms with Gasteiger partial charge in [0.05, 0.1) is 5.56 Å². The Kier molecular flexibility index (Phi) is 8.29. The molecule has 1 heterocycles. The van der Waals surface area contributed by atoms with Crippen LogP contribution >= 0.6 is 11.6 Å². The Morgan fingerprint density at radius 2 is 2.08 bits per heavy atom. The lowest BCUT2D eigenvalue weighted by molar-refractivity contribution is 0.0786. The third kappa shape index (κ3) is 5.68. The summed E-state index contributed by atoms with van der Waals surface area (Å²) in [4.78, 5) is 14.3. The van der Waals surface area contributed by atoms with Gasteiger partial charge < -0.3 is 15.1 Å². The Morgan fingerprint density at radius 1 is 1.40 bits per heavy atom. The van der Waals surface area contributed by atoms with Crippen LogP contribution in [0.25, 0.3) is 0 Å². The molecule has 2 unspecified atom stereocenters. The second-order valence-corrected chi connectivity index (χ2v) is 6.47. The summed E-state index contributed by atoms with van der Waals surface area (Å²) in [5, 5.41) is 19.1. The minimum Gasteiger partial charge on any atom is -0.508 e. The lowest BCUT2D eigenvalue weighted by atomic mass is 9.96. The van der Waals surface area contributed by atoms with E-state index >= 15 is 0 Å². The SMILES string of the molecule is C/C=C\C(=C/C(C)Cl)C1CCN(C(=O)c2ccc(O)cc2O)C1.C=C. The number of carbonyl (C=O) groups excluding carboxylic acids is 1. The number of hydrogen-bond acceptors (Lipinski definition) is 3. The summed E-state index contributed by atoms with van der Waals surface area (Å²) in [7, 11) is 0. The van der Waals surface area contributed by atoms with Crippen molar-refractivity contribution < 1.29 is 15.0 Å². The molecule has 0 bridgehead atoms. The van der Waals surface area contributed by atoms with E-state index in [1.807, 2.05) is 32.1 Å². The number of rotatable bonds is 4. The van der Waals surface area contributed by atoms with Crippen molar-refractivity contribution in [2.45, 2.75) is 25.6 Å². The average Bonchev–Trinajstić information content (AvgIpc) is 3.05. The van der Waals surface area contributed by atoms with Crippen molar-refractivity contribution in [3.8, 4) is 11.5 Å². The maximum Gasteiger partial charge on any atom is 0.257 e. The van der Waals surface area contributed by atoms with Crippen molar-refractivity contribution in [2.24, 2.45) is 5.92 Å². The van der Waals surface area contributed by atoms with Crippen molar-refractivity contribution in [1.29, 1.82) is 0 Å². The van der Waals surface area contributed by atoms with Gasteiger partial charge in [0.15, 0.2) is 0 Å². The van der Waals surface area contributed by atoms with Gasteiger partial charge in [0.2, 0.25) is 0 Å². The molecule has 0 saturated carbocycles. The standard InChI is InChI=1S/C18H22ClNO3.C2H4/c1-3-4-13(9-12(2)19)14-7-8-20(11-14)18(23)16-6-5-15(21)10-17(16)22;1-2/h3-6,9-10,12,14,21-22H,7-8,11H2,1-2H3;1-2H2/b4-3-,13-9+;.